The van der Waals surface area contributed by atoms with Crippen LogP contribution in [0.5, 0.6) is 0 Å². The standard InChI is InChI=1S/C23H19N5O2/c24-22(26-27-25)20-8-9-21-19(13-20)10-11-28(21)14-15-2-1-3-18(12-15)16-4-6-17(7-5-16)23(29)30/h1-13H,14H2,(H,29,30)(H3,24,25,26). The lowest BCUT2D eigenvalue weighted by atomic mass is 10.0. The first kappa shape index (κ1) is 19.1. The van der Waals surface area contributed by atoms with E-state index in [2.05, 4.69) is 27.0 Å². The van der Waals surface area contributed by atoms with Crippen molar-refractivity contribution < 1.29 is 9.90 Å². The van der Waals surface area contributed by atoms with Gasteiger partial charge in [-0.3, -0.25) is 5.41 Å². The molecule has 4 aromatic rings. The number of aromatic carboxylic acids is 1. The maximum Gasteiger partial charge on any atom is 0.335 e. The van der Waals surface area contributed by atoms with Crippen molar-refractivity contribution in [2.75, 3.05) is 0 Å². The Kier molecular flexibility index (Phi) is 5.09. The molecule has 0 bridgehead atoms. The fourth-order valence-corrected chi connectivity index (χ4v) is 3.45. The molecule has 4 N–H and O–H groups in total. The van der Waals surface area contributed by atoms with E-state index in [0.717, 1.165) is 27.6 Å². The molecule has 148 valence electrons. The van der Waals surface area contributed by atoms with Crippen molar-refractivity contribution in [2.24, 2.45) is 16.2 Å². The van der Waals surface area contributed by atoms with Crippen LogP contribution in [0.1, 0.15) is 21.5 Å². The summed E-state index contributed by atoms with van der Waals surface area (Å²) in [6.45, 7) is 0.684. The molecule has 0 saturated heterocycles. The van der Waals surface area contributed by atoms with Gasteiger partial charge >= 0.3 is 5.97 Å². The summed E-state index contributed by atoms with van der Waals surface area (Å²) in [5.41, 5.74) is 5.10. The van der Waals surface area contributed by atoms with E-state index in [1.165, 1.54) is 0 Å². The maximum atomic E-state index is 11.0. The van der Waals surface area contributed by atoms with Crippen LogP contribution in [0.4, 0.5) is 0 Å². The average Bonchev–Trinajstić information content (AvgIpc) is 3.16. The van der Waals surface area contributed by atoms with E-state index in [0.29, 0.717) is 12.1 Å². The second-order valence-electron chi connectivity index (χ2n) is 6.86. The van der Waals surface area contributed by atoms with Crippen LogP contribution >= 0.6 is 0 Å². The van der Waals surface area contributed by atoms with Crippen LogP contribution in [0.3, 0.4) is 0 Å². The van der Waals surface area contributed by atoms with Gasteiger partial charge in [0.15, 0.2) is 5.84 Å². The number of nitrogens with two attached hydrogens (primary N) is 1. The summed E-state index contributed by atoms with van der Waals surface area (Å²) < 4.78 is 2.14. The molecule has 7 nitrogen and oxygen atoms in total. The zero-order chi connectivity index (χ0) is 21.1. The van der Waals surface area contributed by atoms with Gasteiger partial charge in [0.1, 0.15) is 0 Å². The third-order valence-corrected chi connectivity index (χ3v) is 4.95. The Balaban J connectivity index is 1.60. The van der Waals surface area contributed by atoms with Gasteiger partial charge in [0.2, 0.25) is 0 Å². The molecule has 4 rings (SSSR count). The molecule has 7 heteroatoms. The van der Waals surface area contributed by atoms with Crippen LogP contribution in [0.2, 0.25) is 0 Å². The largest absolute Gasteiger partial charge is 0.478 e. The van der Waals surface area contributed by atoms with Crippen LogP contribution in [0.25, 0.3) is 22.0 Å². The van der Waals surface area contributed by atoms with Gasteiger partial charge in [0, 0.05) is 29.2 Å². The first-order valence-electron chi connectivity index (χ1n) is 9.26. The van der Waals surface area contributed by atoms with E-state index >= 15 is 0 Å². The first-order chi connectivity index (χ1) is 14.5. The molecule has 0 amide bonds. The highest BCUT2D eigenvalue weighted by molar-refractivity contribution is 6.00. The number of amidine groups is 1. The molecular weight excluding hydrogens is 378 g/mol. The number of carboxylic acid groups (broad SMARTS) is 1. The number of hydrogen-bond donors (Lipinski definition) is 3. The van der Waals surface area contributed by atoms with Gasteiger partial charge < -0.3 is 15.5 Å². The average molecular weight is 397 g/mol. The molecule has 0 spiro atoms. The number of carbonyl (C=O) groups is 1. The maximum absolute atomic E-state index is 11.0. The number of hydrogen-bond acceptors (Lipinski definition) is 3. The van der Waals surface area contributed by atoms with Crippen LogP contribution in [-0.4, -0.2) is 21.5 Å². The van der Waals surface area contributed by atoms with Gasteiger partial charge in [-0.1, -0.05) is 35.6 Å². The van der Waals surface area contributed by atoms with E-state index in [4.69, 9.17) is 16.4 Å². The number of benzene rings is 3. The third-order valence-electron chi connectivity index (χ3n) is 4.95. The summed E-state index contributed by atoms with van der Waals surface area (Å²) in [6.07, 6.45) is 2.01. The van der Waals surface area contributed by atoms with Gasteiger partial charge in [0.05, 0.1) is 5.56 Å². The van der Waals surface area contributed by atoms with Crippen molar-refractivity contribution >= 4 is 22.7 Å². The van der Waals surface area contributed by atoms with Crippen LogP contribution in [0.15, 0.2) is 89.3 Å². The van der Waals surface area contributed by atoms with E-state index in [1.54, 1.807) is 12.1 Å². The molecule has 0 aliphatic rings. The van der Waals surface area contributed by atoms with Crippen molar-refractivity contribution in [3.63, 3.8) is 0 Å². The van der Waals surface area contributed by atoms with Gasteiger partial charge in [-0.15, -0.1) is 5.11 Å². The summed E-state index contributed by atoms with van der Waals surface area (Å²) in [5, 5.41) is 24.7. The van der Waals surface area contributed by atoms with E-state index in [-0.39, 0.29) is 11.4 Å². The number of rotatable bonds is 5. The van der Waals surface area contributed by atoms with Crippen molar-refractivity contribution in [1.82, 2.24) is 4.57 Å². The Labute approximate surface area is 172 Å². The van der Waals surface area contributed by atoms with Crippen molar-refractivity contribution in [2.45, 2.75) is 6.54 Å². The first-order valence-corrected chi connectivity index (χ1v) is 9.26. The quantitative estimate of drug-likeness (QED) is 0.149. The van der Waals surface area contributed by atoms with E-state index in [1.807, 2.05) is 54.7 Å². The predicted octanol–water partition coefficient (Wildman–Crippen LogP) is 4.71. The Hall–Kier alpha value is -4.26. The highest BCUT2D eigenvalue weighted by Crippen LogP contribution is 2.24. The minimum absolute atomic E-state index is 0.0220. The van der Waals surface area contributed by atoms with Crippen molar-refractivity contribution in [3.05, 3.63) is 95.7 Å². The van der Waals surface area contributed by atoms with Gasteiger partial charge in [0.25, 0.3) is 0 Å². The SMILES string of the molecule is N=C(N=NN)c1ccc2c(ccn2Cc2cccc(-c3ccc(C(=O)O)cc3)c2)c1. The fourth-order valence-electron chi connectivity index (χ4n) is 3.45. The topological polar surface area (TPSA) is 117 Å². The zero-order valence-electron chi connectivity index (χ0n) is 16.0. The molecule has 0 aliphatic carbocycles. The highest BCUT2D eigenvalue weighted by Gasteiger charge is 2.08. The molecule has 0 saturated carbocycles. The van der Waals surface area contributed by atoms with Gasteiger partial charge in [-0.05, 0) is 59.2 Å². The molecular formula is C23H19N5O2. The molecule has 3 aromatic carbocycles. The van der Waals surface area contributed by atoms with Crippen LogP contribution in [0, 0.1) is 5.41 Å². The van der Waals surface area contributed by atoms with Gasteiger partial charge in [-0.2, -0.15) is 0 Å². The fraction of sp³-hybridized carbons (Fsp3) is 0.0435. The molecule has 0 unspecified atom stereocenters. The molecule has 1 aromatic heterocycles. The van der Waals surface area contributed by atoms with Crippen LogP contribution in [-0.2, 0) is 6.54 Å². The monoisotopic (exact) mass is 397 g/mol. The van der Waals surface area contributed by atoms with Crippen LogP contribution < -0.4 is 5.84 Å². The van der Waals surface area contributed by atoms with Crippen molar-refractivity contribution in [1.29, 1.82) is 5.41 Å². The lowest BCUT2D eigenvalue weighted by molar-refractivity contribution is 0.0697. The number of fused-ring (bicyclic) bond motifs is 1. The van der Waals surface area contributed by atoms with E-state index in [9.17, 15) is 4.79 Å². The Morgan fingerprint density at radius 2 is 1.73 bits per heavy atom. The van der Waals surface area contributed by atoms with Gasteiger partial charge in [-0.25, -0.2) is 4.79 Å². The Bertz CT molecular complexity index is 1270. The lowest BCUT2D eigenvalue weighted by Crippen LogP contribution is -1.99. The Morgan fingerprint density at radius 3 is 2.47 bits per heavy atom. The third kappa shape index (κ3) is 3.81. The highest BCUT2D eigenvalue weighted by atomic mass is 16.4. The minimum atomic E-state index is -0.931. The molecule has 0 radical (unpaired) electrons. The second kappa shape index (κ2) is 8.00. The second-order valence-corrected chi connectivity index (χ2v) is 6.86. The zero-order valence-corrected chi connectivity index (χ0v) is 16.0. The molecule has 0 fully saturated rings. The summed E-state index contributed by atoms with van der Waals surface area (Å²) in [6, 6.07) is 22.7. The number of nitrogens with zero attached hydrogens (tertiary/aromatic N) is 3. The van der Waals surface area contributed by atoms with E-state index < -0.39 is 5.97 Å². The molecule has 30 heavy (non-hydrogen) atoms. The smallest absolute Gasteiger partial charge is 0.335 e. The number of aromatic nitrogens is 1. The molecule has 0 aliphatic heterocycles. The molecule has 0 atom stereocenters. The minimum Gasteiger partial charge on any atom is -0.478 e. The summed E-state index contributed by atoms with van der Waals surface area (Å²) in [7, 11) is 0. The summed E-state index contributed by atoms with van der Waals surface area (Å²) in [5.74, 6) is 4.12. The normalized spacial score (nSPS) is 11.2. The summed E-state index contributed by atoms with van der Waals surface area (Å²) in [4.78, 5) is 11.0. The predicted molar refractivity (Wildman–Crippen MR) is 116 cm³/mol. The molecule has 1 heterocycles. The Morgan fingerprint density at radius 1 is 0.967 bits per heavy atom. The number of carboxylic acids is 1. The van der Waals surface area contributed by atoms with Crippen molar-refractivity contribution in [3.8, 4) is 11.1 Å². The summed E-state index contributed by atoms with van der Waals surface area (Å²) >= 11 is 0. The lowest BCUT2D eigenvalue weighted by Gasteiger charge is -2.09. The number of nitrogens with one attached hydrogen (secondary N) is 1.